The molecule has 74 valence electrons. The summed E-state index contributed by atoms with van der Waals surface area (Å²) in [4.78, 5) is 8.07. The average Bonchev–Trinajstić information content (AvgIpc) is 2.59. The van der Waals surface area contributed by atoms with Gasteiger partial charge in [0.15, 0.2) is 0 Å². The molecule has 3 aromatic rings. The highest BCUT2D eigenvalue weighted by molar-refractivity contribution is 6.34. The number of rotatable bonds is 0. The molecule has 0 amide bonds. The minimum absolute atomic E-state index is 0.438. The van der Waals surface area contributed by atoms with Crippen molar-refractivity contribution in [3.63, 3.8) is 0 Å². The standard InChI is InChI=1S/C9H6ClN5/c1-15-8-3-6-5(2-7(8)13-14-15)9(10)12-4-11-6/h2-4H,1H3. The number of fused-ring (bicyclic) bond motifs is 2. The van der Waals surface area contributed by atoms with E-state index in [1.54, 1.807) is 4.68 Å². The second-order valence-electron chi connectivity index (χ2n) is 3.24. The van der Waals surface area contributed by atoms with Crippen molar-refractivity contribution in [1.29, 1.82) is 0 Å². The summed E-state index contributed by atoms with van der Waals surface area (Å²) in [6, 6.07) is 3.75. The molecule has 0 aliphatic carbocycles. The van der Waals surface area contributed by atoms with Gasteiger partial charge in [-0.2, -0.15) is 0 Å². The van der Waals surface area contributed by atoms with Crippen molar-refractivity contribution in [3.05, 3.63) is 23.6 Å². The molecular weight excluding hydrogens is 214 g/mol. The van der Waals surface area contributed by atoms with Crippen LogP contribution in [0.1, 0.15) is 0 Å². The van der Waals surface area contributed by atoms with Crippen LogP contribution in [-0.4, -0.2) is 25.0 Å². The van der Waals surface area contributed by atoms with E-state index in [1.165, 1.54) is 6.33 Å². The third-order valence-electron chi connectivity index (χ3n) is 2.32. The van der Waals surface area contributed by atoms with Crippen LogP contribution in [0.2, 0.25) is 5.15 Å². The zero-order chi connectivity index (χ0) is 10.4. The number of nitrogens with zero attached hydrogens (tertiary/aromatic N) is 5. The van der Waals surface area contributed by atoms with E-state index in [0.29, 0.717) is 5.15 Å². The molecule has 0 aliphatic rings. The summed E-state index contributed by atoms with van der Waals surface area (Å²) in [7, 11) is 1.84. The van der Waals surface area contributed by atoms with Gasteiger partial charge in [0.25, 0.3) is 0 Å². The third-order valence-corrected chi connectivity index (χ3v) is 2.62. The quantitative estimate of drug-likeness (QED) is 0.539. The third kappa shape index (κ3) is 1.16. The SMILES string of the molecule is Cn1nnc2cc3c(Cl)ncnc3cc21. The van der Waals surface area contributed by atoms with Crippen molar-refractivity contribution in [2.45, 2.75) is 0 Å². The van der Waals surface area contributed by atoms with E-state index < -0.39 is 0 Å². The molecule has 0 atom stereocenters. The molecule has 0 spiro atoms. The van der Waals surface area contributed by atoms with Crippen LogP contribution < -0.4 is 0 Å². The van der Waals surface area contributed by atoms with Crippen molar-refractivity contribution >= 4 is 33.5 Å². The Morgan fingerprint density at radius 3 is 2.93 bits per heavy atom. The first-order chi connectivity index (χ1) is 7.25. The normalized spacial score (nSPS) is 11.3. The number of hydrogen-bond donors (Lipinski definition) is 0. The molecule has 0 N–H and O–H groups in total. The van der Waals surface area contributed by atoms with Crippen molar-refractivity contribution in [2.24, 2.45) is 7.05 Å². The summed E-state index contributed by atoms with van der Waals surface area (Å²) >= 11 is 5.96. The van der Waals surface area contributed by atoms with Gasteiger partial charge in [-0.3, -0.25) is 0 Å². The van der Waals surface area contributed by atoms with E-state index in [0.717, 1.165) is 21.9 Å². The van der Waals surface area contributed by atoms with Crippen LogP contribution in [0.25, 0.3) is 21.9 Å². The van der Waals surface area contributed by atoms with Gasteiger partial charge in [-0.1, -0.05) is 16.8 Å². The molecule has 0 saturated heterocycles. The fourth-order valence-corrected chi connectivity index (χ4v) is 1.75. The highest BCUT2D eigenvalue weighted by Crippen LogP contribution is 2.23. The molecular formula is C9H6ClN5. The zero-order valence-electron chi connectivity index (χ0n) is 7.85. The lowest BCUT2D eigenvalue weighted by atomic mass is 10.2. The minimum atomic E-state index is 0.438. The largest absolute Gasteiger partial charge is 0.248 e. The lowest BCUT2D eigenvalue weighted by molar-refractivity contribution is 0.736. The van der Waals surface area contributed by atoms with Crippen LogP contribution in [0.3, 0.4) is 0 Å². The summed E-state index contributed by atoms with van der Waals surface area (Å²) in [5.41, 5.74) is 2.52. The van der Waals surface area contributed by atoms with E-state index in [1.807, 2.05) is 19.2 Å². The molecule has 0 saturated carbocycles. The molecule has 0 unspecified atom stereocenters. The molecule has 2 heterocycles. The predicted molar refractivity (Wildman–Crippen MR) is 56.6 cm³/mol. The Morgan fingerprint density at radius 1 is 1.20 bits per heavy atom. The fraction of sp³-hybridized carbons (Fsp3) is 0.111. The maximum atomic E-state index is 5.96. The molecule has 0 aliphatic heterocycles. The van der Waals surface area contributed by atoms with Crippen LogP contribution in [0.4, 0.5) is 0 Å². The van der Waals surface area contributed by atoms with Crippen LogP contribution in [0.5, 0.6) is 0 Å². The van der Waals surface area contributed by atoms with Crippen LogP contribution >= 0.6 is 11.6 Å². The summed E-state index contributed by atoms with van der Waals surface area (Å²) in [6.45, 7) is 0. The zero-order valence-corrected chi connectivity index (χ0v) is 8.60. The van der Waals surface area contributed by atoms with E-state index in [4.69, 9.17) is 11.6 Å². The highest BCUT2D eigenvalue weighted by atomic mass is 35.5. The molecule has 3 rings (SSSR count). The lowest BCUT2D eigenvalue weighted by Gasteiger charge is -1.98. The summed E-state index contributed by atoms with van der Waals surface area (Å²) in [5.74, 6) is 0. The Balaban J connectivity index is 2.55. The van der Waals surface area contributed by atoms with Crippen LogP contribution in [-0.2, 0) is 7.05 Å². The Hall–Kier alpha value is -1.75. The number of hydrogen-bond acceptors (Lipinski definition) is 4. The molecule has 1 aromatic carbocycles. The van der Waals surface area contributed by atoms with Gasteiger partial charge in [-0.05, 0) is 12.1 Å². The van der Waals surface area contributed by atoms with Gasteiger partial charge in [0, 0.05) is 12.4 Å². The molecule has 15 heavy (non-hydrogen) atoms. The van der Waals surface area contributed by atoms with Crippen molar-refractivity contribution in [3.8, 4) is 0 Å². The van der Waals surface area contributed by atoms with Gasteiger partial charge >= 0.3 is 0 Å². The van der Waals surface area contributed by atoms with E-state index >= 15 is 0 Å². The van der Waals surface area contributed by atoms with Gasteiger partial charge in [0.05, 0.1) is 11.0 Å². The Bertz CT molecular complexity index is 660. The van der Waals surface area contributed by atoms with Gasteiger partial charge in [-0.15, -0.1) is 5.10 Å². The Kier molecular flexibility index (Phi) is 1.63. The first-order valence-corrected chi connectivity index (χ1v) is 4.73. The smallest absolute Gasteiger partial charge is 0.140 e. The van der Waals surface area contributed by atoms with E-state index in [-0.39, 0.29) is 0 Å². The molecule has 6 heteroatoms. The Labute approximate surface area is 89.7 Å². The van der Waals surface area contributed by atoms with Crippen molar-refractivity contribution in [1.82, 2.24) is 25.0 Å². The summed E-state index contributed by atoms with van der Waals surface area (Å²) in [6.07, 6.45) is 1.44. The molecule has 0 fully saturated rings. The monoisotopic (exact) mass is 219 g/mol. The Morgan fingerprint density at radius 2 is 2.07 bits per heavy atom. The molecule has 2 aromatic heterocycles. The maximum Gasteiger partial charge on any atom is 0.140 e. The number of aromatic nitrogens is 5. The molecule has 5 nitrogen and oxygen atoms in total. The highest BCUT2D eigenvalue weighted by Gasteiger charge is 2.07. The van der Waals surface area contributed by atoms with E-state index in [9.17, 15) is 0 Å². The van der Waals surface area contributed by atoms with Crippen LogP contribution in [0, 0.1) is 0 Å². The first kappa shape index (κ1) is 8.55. The summed E-state index contributed by atoms with van der Waals surface area (Å²) < 4.78 is 1.70. The lowest BCUT2D eigenvalue weighted by Crippen LogP contribution is -1.90. The van der Waals surface area contributed by atoms with Crippen molar-refractivity contribution in [2.75, 3.05) is 0 Å². The van der Waals surface area contributed by atoms with Gasteiger partial charge in [0.1, 0.15) is 17.0 Å². The number of benzene rings is 1. The topological polar surface area (TPSA) is 56.5 Å². The fourth-order valence-electron chi connectivity index (χ4n) is 1.55. The number of aryl methyl sites for hydroxylation is 1. The van der Waals surface area contributed by atoms with Gasteiger partial charge in [-0.25, -0.2) is 14.6 Å². The second-order valence-corrected chi connectivity index (χ2v) is 3.59. The average molecular weight is 220 g/mol. The first-order valence-electron chi connectivity index (χ1n) is 4.35. The number of halogens is 1. The second kappa shape index (κ2) is 2.87. The van der Waals surface area contributed by atoms with Gasteiger partial charge in [0.2, 0.25) is 0 Å². The van der Waals surface area contributed by atoms with Crippen molar-refractivity contribution < 1.29 is 0 Å². The predicted octanol–water partition coefficient (Wildman–Crippen LogP) is 1.56. The molecule has 0 radical (unpaired) electrons. The summed E-state index contributed by atoms with van der Waals surface area (Å²) in [5, 5.41) is 9.17. The van der Waals surface area contributed by atoms with Gasteiger partial charge < -0.3 is 0 Å². The van der Waals surface area contributed by atoms with E-state index in [2.05, 4.69) is 20.3 Å². The maximum absolute atomic E-state index is 5.96. The molecule has 0 bridgehead atoms. The van der Waals surface area contributed by atoms with Crippen LogP contribution in [0.15, 0.2) is 18.5 Å². The minimum Gasteiger partial charge on any atom is -0.248 e.